The molecule has 3 aromatic rings. The number of hydrogen-bond donors (Lipinski definition) is 1. The number of aryl methyl sites for hydroxylation is 2. The minimum Gasteiger partial charge on any atom is -0.497 e. The van der Waals surface area contributed by atoms with Gasteiger partial charge in [-0.05, 0) is 31.5 Å². The summed E-state index contributed by atoms with van der Waals surface area (Å²) in [5.74, 6) is -0.0958. The molecule has 1 aromatic carbocycles. The maximum Gasteiger partial charge on any atom is 0.417 e. The molecule has 1 atom stereocenters. The summed E-state index contributed by atoms with van der Waals surface area (Å²) in [5.41, 5.74) is 0.173. The number of fused-ring (bicyclic) bond motifs is 1. The molecule has 0 bridgehead atoms. The largest absolute Gasteiger partial charge is 0.497 e. The lowest BCUT2D eigenvalue weighted by Crippen LogP contribution is -2.36. The van der Waals surface area contributed by atoms with Crippen molar-refractivity contribution in [2.45, 2.75) is 32.7 Å². The highest BCUT2D eigenvalue weighted by atomic mass is 19.4. The fraction of sp³-hybridized carbons (Fsp3) is 0.350. The van der Waals surface area contributed by atoms with Crippen LogP contribution in [0.3, 0.4) is 0 Å². The van der Waals surface area contributed by atoms with E-state index in [0.29, 0.717) is 5.75 Å². The van der Waals surface area contributed by atoms with Crippen LogP contribution in [-0.4, -0.2) is 33.9 Å². The molecule has 0 saturated heterocycles. The molecule has 0 aliphatic heterocycles. The van der Waals surface area contributed by atoms with E-state index in [4.69, 9.17) is 9.47 Å². The SMILES string of the molecule is COc1ccc(CNC(=O)[C@H](C)Oc2cc(C(F)(F)F)c3c(C)nn(C)c3n2)cc1. The van der Waals surface area contributed by atoms with Gasteiger partial charge in [-0.1, -0.05) is 12.1 Å². The van der Waals surface area contributed by atoms with Gasteiger partial charge >= 0.3 is 6.18 Å². The highest BCUT2D eigenvalue weighted by molar-refractivity contribution is 5.84. The molecule has 0 fully saturated rings. The Hall–Kier alpha value is -3.30. The van der Waals surface area contributed by atoms with Gasteiger partial charge in [-0.2, -0.15) is 23.3 Å². The van der Waals surface area contributed by atoms with E-state index in [1.807, 2.05) is 0 Å². The van der Waals surface area contributed by atoms with E-state index in [9.17, 15) is 18.0 Å². The summed E-state index contributed by atoms with van der Waals surface area (Å²) in [6.45, 7) is 3.16. The quantitative estimate of drug-likeness (QED) is 0.659. The number of benzene rings is 1. The first kappa shape index (κ1) is 21.4. The number of nitrogens with one attached hydrogen (secondary N) is 1. The van der Waals surface area contributed by atoms with Gasteiger partial charge < -0.3 is 14.8 Å². The first-order chi connectivity index (χ1) is 14.1. The van der Waals surface area contributed by atoms with Crippen molar-refractivity contribution in [3.63, 3.8) is 0 Å². The van der Waals surface area contributed by atoms with Crippen molar-refractivity contribution in [3.05, 3.63) is 47.2 Å². The smallest absolute Gasteiger partial charge is 0.417 e. The number of rotatable bonds is 6. The van der Waals surface area contributed by atoms with Crippen molar-refractivity contribution >= 4 is 16.9 Å². The number of methoxy groups -OCH3 is 1. The molecule has 0 aliphatic carbocycles. The first-order valence-electron chi connectivity index (χ1n) is 9.09. The van der Waals surface area contributed by atoms with Crippen LogP contribution >= 0.6 is 0 Å². The number of carbonyl (C=O) groups excluding carboxylic acids is 1. The predicted molar refractivity (Wildman–Crippen MR) is 103 cm³/mol. The molecule has 0 saturated carbocycles. The van der Waals surface area contributed by atoms with Crippen molar-refractivity contribution in [2.24, 2.45) is 7.05 Å². The molecule has 2 aromatic heterocycles. The zero-order valence-corrected chi connectivity index (χ0v) is 16.9. The Labute approximate surface area is 170 Å². The summed E-state index contributed by atoms with van der Waals surface area (Å²) in [4.78, 5) is 16.4. The van der Waals surface area contributed by atoms with Gasteiger partial charge in [0.25, 0.3) is 5.91 Å². The van der Waals surface area contributed by atoms with E-state index >= 15 is 0 Å². The van der Waals surface area contributed by atoms with Gasteiger partial charge in [-0.15, -0.1) is 0 Å². The maximum absolute atomic E-state index is 13.5. The van der Waals surface area contributed by atoms with Crippen LogP contribution in [-0.2, 0) is 24.6 Å². The third kappa shape index (κ3) is 4.47. The molecule has 30 heavy (non-hydrogen) atoms. The molecule has 0 unspecified atom stereocenters. The molecule has 1 N–H and O–H groups in total. The van der Waals surface area contributed by atoms with Crippen LogP contribution in [0.2, 0.25) is 0 Å². The summed E-state index contributed by atoms with van der Waals surface area (Å²) in [5, 5.41) is 6.60. The van der Waals surface area contributed by atoms with Crippen LogP contribution in [0.25, 0.3) is 11.0 Å². The Morgan fingerprint density at radius 3 is 2.53 bits per heavy atom. The van der Waals surface area contributed by atoms with Crippen molar-refractivity contribution in [1.29, 1.82) is 0 Å². The lowest BCUT2D eigenvalue weighted by molar-refractivity contribution is -0.136. The highest BCUT2D eigenvalue weighted by Crippen LogP contribution is 2.37. The number of amides is 1. The van der Waals surface area contributed by atoms with Gasteiger partial charge in [-0.25, -0.2) is 0 Å². The number of hydrogen-bond acceptors (Lipinski definition) is 5. The van der Waals surface area contributed by atoms with Gasteiger partial charge in [-0.3, -0.25) is 9.48 Å². The Morgan fingerprint density at radius 2 is 1.93 bits per heavy atom. The normalized spacial score (nSPS) is 12.6. The average Bonchev–Trinajstić information content (AvgIpc) is 2.98. The molecule has 0 aliphatic rings. The van der Waals surface area contributed by atoms with Gasteiger partial charge in [0.05, 0.1) is 23.8 Å². The van der Waals surface area contributed by atoms with Gasteiger partial charge in [0.15, 0.2) is 11.8 Å². The second kappa shape index (κ2) is 8.21. The second-order valence-corrected chi connectivity index (χ2v) is 6.74. The van der Waals surface area contributed by atoms with Crippen molar-refractivity contribution in [1.82, 2.24) is 20.1 Å². The molecule has 0 radical (unpaired) electrons. The molecule has 2 heterocycles. The fourth-order valence-corrected chi connectivity index (χ4v) is 3.02. The molecule has 0 spiro atoms. The van der Waals surface area contributed by atoms with E-state index in [2.05, 4.69) is 15.4 Å². The third-order valence-electron chi connectivity index (χ3n) is 4.54. The van der Waals surface area contributed by atoms with Crippen LogP contribution in [0, 0.1) is 6.92 Å². The highest BCUT2D eigenvalue weighted by Gasteiger charge is 2.36. The molecule has 7 nitrogen and oxygen atoms in total. The molecular weight excluding hydrogens is 401 g/mol. The number of ether oxygens (including phenoxy) is 2. The number of carbonyl (C=O) groups is 1. The number of halogens is 3. The summed E-state index contributed by atoms with van der Waals surface area (Å²) >= 11 is 0. The Bertz CT molecular complexity index is 1060. The lowest BCUT2D eigenvalue weighted by atomic mass is 10.1. The summed E-state index contributed by atoms with van der Waals surface area (Å²) < 4.78 is 52.4. The van der Waals surface area contributed by atoms with E-state index in [1.54, 1.807) is 31.4 Å². The zero-order chi connectivity index (χ0) is 22.1. The van der Waals surface area contributed by atoms with Gasteiger partial charge in [0.1, 0.15) is 5.75 Å². The predicted octanol–water partition coefficient (Wildman–Crippen LogP) is 3.39. The minimum absolute atomic E-state index is 0.0307. The molecule has 3 rings (SSSR count). The summed E-state index contributed by atoms with van der Waals surface area (Å²) in [7, 11) is 3.05. The van der Waals surface area contributed by atoms with Crippen LogP contribution in [0.5, 0.6) is 11.6 Å². The summed E-state index contributed by atoms with van der Waals surface area (Å²) in [6, 6.07) is 7.90. The van der Waals surface area contributed by atoms with Crippen molar-refractivity contribution in [3.8, 4) is 11.6 Å². The average molecular weight is 422 g/mol. The Balaban J connectivity index is 1.76. The first-order valence-corrected chi connectivity index (χ1v) is 9.09. The van der Waals surface area contributed by atoms with Crippen LogP contribution in [0.15, 0.2) is 30.3 Å². The maximum atomic E-state index is 13.5. The van der Waals surface area contributed by atoms with Crippen molar-refractivity contribution < 1.29 is 27.4 Å². The number of pyridine rings is 1. The Kier molecular flexibility index (Phi) is 5.86. The minimum atomic E-state index is -4.62. The van der Waals surface area contributed by atoms with Gasteiger partial charge in [0, 0.05) is 19.7 Å². The monoisotopic (exact) mass is 422 g/mol. The Morgan fingerprint density at radius 1 is 1.27 bits per heavy atom. The van der Waals surface area contributed by atoms with E-state index in [1.165, 1.54) is 25.6 Å². The summed E-state index contributed by atoms with van der Waals surface area (Å²) in [6.07, 6.45) is -5.67. The molecule has 160 valence electrons. The zero-order valence-electron chi connectivity index (χ0n) is 16.9. The standard InChI is InChI=1S/C20H21F3N4O3/c1-11-17-15(20(21,22)23)9-16(25-18(17)27(3)26-11)30-12(2)19(28)24-10-13-5-7-14(29-4)8-6-13/h5-9,12H,10H2,1-4H3,(H,24,28)/t12-/m0/s1. The van der Waals surface area contributed by atoms with E-state index in [-0.39, 0.29) is 29.2 Å². The lowest BCUT2D eigenvalue weighted by Gasteiger charge is -2.16. The van der Waals surface area contributed by atoms with Crippen LogP contribution in [0.4, 0.5) is 13.2 Å². The van der Waals surface area contributed by atoms with E-state index in [0.717, 1.165) is 11.6 Å². The molecule has 10 heteroatoms. The van der Waals surface area contributed by atoms with E-state index < -0.39 is 23.8 Å². The number of alkyl halides is 3. The second-order valence-electron chi connectivity index (χ2n) is 6.74. The number of aromatic nitrogens is 3. The third-order valence-corrected chi connectivity index (χ3v) is 4.54. The van der Waals surface area contributed by atoms with Crippen molar-refractivity contribution in [2.75, 3.05) is 7.11 Å². The molecule has 1 amide bonds. The topological polar surface area (TPSA) is 78.3 Å². The van der Waals surface area contributed by atoms with Gasteiger partial charge in [0.2, 0.25) is 5.88 Å². The fourth-order valence-electron chi connectivity index (χ4n) is 3.02. The van der Waals surface area contributed by atoms with Crippen LogP contribution < -0.4 is 14.8 Å². The number of nitrogens with zero attached hydrogens (tertiary/aromatic N) is 3. The molecular formula is C20H21F3N4O3. The van der Waals surface area contributed by atoms with Crippen LogP contribution in [0.1, 0.15) is 23.7 Å².